The van der Waals surface area contributed by atoms with E-state index in [2.05, 4.69) is 39.8 Å². The standard InChI is InChI=1S/C15H23N3/c1-2-4-15(18-11-9-17-10-12-18)14(3-1)13-5-7-16-8-6-13/h1-4,13,16-17H,5-12H2. The maximum absolute atomic E-state index is 3.46. The smallest absolute Gasteiger partial charge is 0.0402 e. The number of rotatable bonds is 2. The number of nitrogens with one attached hydrogen (secondary N) is 2. The summed E-state index contributed by atoms with van der Waals surface area (Å²) in [5.41, 5.74) is 3.05. The Hall–Kier alpha value is -1.06. The van der Waals surface area contributed by atoms with Crippen LogP contribution in [0.5, 0.6) is 0 Å². The Labute approximate surface area is 110 Å². The van der Waals surface area contributed by atoms with Gasteiger partial charge in [0, 0.05) is 31.9 Å². The van der Waals surface area contributed by atoms with Crippen LogP contribution < -0.4 is 15.5 Å². The van der Waals surface area contributed by atoms with Crippen LogP contribution in [0.15, 0.2) is 24.3 Å². The van der Waals surface area contributed by atoms with Gasteiger partial charge in [-0.2, -0.15) is 0 Å². The van der Waals surface area contributed by atoms with Crippen LogP contribution in [0.4, 0.5) is 5.69 Å². The largest absolute Gasteiger partial charge is 0.369 e. The lowest BCUT2D eigenvalue weighted by Gasteiger charge is -2.34. The van der Waals surface area contributed by atoms with Gasteiger partial charge in [-0.25, -0.2) is 0 Å². The van der Waals surface area contributed by atoms with Gasteiger partial charge in [-0.05, 0) is 43.5 Å². The van der Waals surface area contributed by atoms with Gasteiger partial charge in [-0.1, -0.05) is 18.2 Å². The van der Waals surface area contributed by atoms with E-state index in [1.165, 1.54) is 31.6 Å². The van der Waals surface area contributed by atoms with E-state index in [4.69, 9.17) is 0 Å². The van der Waals surface area contributed by atoms with Crippen molar-refractivity contribution in [2.75, 3.05) is 44.2 Å². The fraction of sp³-hybridized carbons (Fsp3) is 0.600. The average Bonchev–Trinajstić information content (AvgIpc) is 2.49. The molecule has 3 heteroatoms. The zero-order valence-corrected chi connectivity index (χ0v) is 11.0. The Balaban J connectivity index is 1.83. The number of nitrogens with zero attached hydrogens (tertiary/aromatic N) is 1. The molecule has 2 saturated heterocycles. The molecule has 0 aliphatic carbocycles. The van der Waals surface area contributed by atoms with Crippen LogP contribution in [-0.4, -0.2) is 39.3 Å². The van der Waals surface area contributed by atoms with Crippen LogP contribution in [0, 0.1) is 0 Å². The lowest BCUT2D eigenvalue weighted by atomic mass is 9.88. The Morgan fingerprint density at radius 2 is 1.56 bits per heavy atom. The number of hydrogen-bond acceptors (Lipinski definition) is 3. The van der Waals surface area contributed by atoms with Crippen molar-refractivity contribution in [2.24, 2.45) is 0 Å². The normalized spacial score (nSPS) is 22.1. The zero-order valence-electron chi connectivity index (χ0n) is 11.0. The molecule has 0 bridgehead atoms. The summed E-state index contributed by atoms with van der Waals surface area (Å²) < 4.78 is 0. The minimum absolute atomic E-state index is 0.748. The van der Waals surface area contributed by atoms with Crippen molar-refractivity contribution in [1.82, 2.24) is 10.6 Å². The first-order valence-corrected chi connectivity index (χ1v) is 7.20. The maximum atomic E-state index is 3.46. The number of hydrogen-bond donors (Lipinski definition) is 2. The maximum Gasteiger partial charge on any atom is 0.0402 e. The van der Waals surface area contributed by atoms with Crippen molar-refractivity contribution in [1.29, 1.82) is 0 Å². The number of piperazine rings is 1. The highest BCUT2D eigenvalue weighted by Crippen LogP contribution is 2.33. The lowest BCUT2D eigenvalue weighted by molar-refractivity contribution is 0.459. The number of piperidine rings is 1. The monoisotopic (exact) mass is 245 g/mol. The molecule has 2 aliphatic heterocycles. The first-order chi connectivity index (χ1) is 8.95. The van der Waals surface area contributed by atoms with E-state index >= 15 is 0 Å². The minimum Gasteiger partial charge on any atom is -0.369 e. The summed E-state index contributed by atoms with van der Waals surface area (Å²) in [7, 11) is 0. The van der Waals surface area contributed by atoms with Crippen molar-refractivity contribution in [2.45, 2.75) is 18.8 Å². The van der Waals surface area contributed by atoms with E-state index in [1.54, 1.807) is 5.56 Å². The summed E-state index contributed by atoms with van der Waals surface area (Å²) in [5, 5.41) is 6.89. The minimum atomic E-state index is 0.748. The Morgan fingerprint density at radius 1 is 0.889 bits per heavy atom. The van der Waals surface area contributed by atoms with E-state index in [1.807, 2.05) is 0 Å². The molecule has 2 fully saturated rings. The zero-order chi connectivity index (χ0) is 12.2. The van der Waals surface area contributed by atoms with Crippen LogP contribution in [0.2, 0.25) is 0 Å². The summed E-state index contributed by atoms with van der Waals surface area (Å²) in [6.07, 6.45) is 2.56. The van der Waals surface area contributed by atoms with Crippen LogP contribution in [-0.2, 0) is 0 Å². The van der Waals surface area contributed by atoms with Gasteiger partial charge in [-0.15, -0.1) is 0 Å². The molecular weight excluding hydrogens is 222 g/mol. The van der Waals surface area contributed by atoms with Gasteiger partial charge < -0.3 is 15.5 Å². The molecule has 18 heavy (non-hydrogen) atoms. The van der Waals surface area contributed by atoms with E-state index in [0.717, 1.165) is 32.1 Å². The van der Waals surface area contributed by atoms with Crippen molar-refractivity contribution in [3.05, 3.63) is 29.8 Å². The predicted molar refractivity (Wildman–Crippen MR) is 76.4 cm³/mol. The third-order valence-corrected chi connectivity index (χ3v) is 4.17. The Bertz CT molecular complexity index is 342. The van der Waals surface area contributed by atoms with Gasteiger partial charge in [0.05, 0.1) is 0 Å². The molecule has 2 N–H and O–H groups in total. The molecule has 0 radical (unpaired) electrons. The van der Waals surface area contributed by atoms with Gasteiger partial charge >= 0.3 is 0 Å². The summed E-state index contributed by atoms with van der Waals surface area (Å²) in [6, 6.07) is 9.03. The molecule has 2 heterocycles. The van der Waals surface area contributed by atoms with E-state index in [9.17, 15) is 0 Å². The molecule has 2 aliphatic rings. The summed E-state index contributed by atoms with van der Waals surface area (Å²) in [4.78, 5) is 2.55. The molecule has 0 atom stereocenters. The van der Waals surface area contributed by atoms with Gasteiger partial charge in [-0.3, -0.25) is 0 Å². The summed E-state index contributed by atoms with van der Waals surface area (Å²) >= 11 is 0. The van der Waals surface area contributed by atoms with Gasteiger partial charge in [0.15, 0.2) is 0 Å². The number of para-hydroxylation sites is 1. The third-order valence-electron chi connectivity index (χ3n) is 4.17. The van der Waals surface area contributed by atoms with Gasteiger partial charge in [0.2, 0.25) is 0 Å². The third kappa shape index (κ3) is 2.52. The molecule has 98 valence electrons. The second-order valence-corrected chi connectivity index (χ2v) is 5.32. The quantitative estimate of drug-likeness (QED) is 0.828. The fourth-order valence-electron chi connectivity index (χ4n) is 3.16. The van der Waals surface area contributed by atoms with Gasteiger partial charge in [0.25, 0.3) is 0 Å². The molecule has 0 saturated carbocycles. The molecule has 1 aromatic carbocycles. The molecule has 0 aromatic heterocycles. The van der Waals surface area contributed by atoms with Crippen molar-refractivity contribution < 1.29 is 0 Å². The highest BCUT2D eigenvalue weighted by Gasteiger charge is 2.21. The Kier molecular flexibility index (Phi) is 3.81. The second-order valence-electron chi connectivity index (χ2n) is 5.32. The number of benzene rings is 1. The van der Waals surface area contributed by atoms with Crippen LogP contribution in [0.3, 0.4) is 0 Å². The van der Waals surface area contributed by atoms with Crippen molar-refractivity contribution >= 4 is 5.69 Å². The molecule has 3 rings (SSSR count). The Morgan fingerprint density at radius 3 is 2.33 bits per heavy atom. The first kappa shape index (κ1) is 12.0. The van der Waals surface area contributed by atoms with E-state index in [-0.39, 0.29) is 0 Å². The summed E-state index contributed by atoms with van der Waals surface area (Å²) in [5.74, 6) is 0.748. The summed E-state index contributed by atoms with van der Waals surface area (Å²) in [6.45, 7) is 6.84. The average molecular weight is 245 g/mol. The fourth-order valence-corrected chi connectivity index (χ4v) is 3.16. The molecule has 0 unspecified atom stereocenters. The van der Waals surface area contributed by atoms with Gasteiger partial charge in [0.1, 0.15) is 0 Å². The molecule has 3 nitrogen and oxygen atoms in total. The predicted octanol–water partition coefficient (Wildman–Crippen LogP) is 1.56. The highest BCUT2D eigenvalue weighted by molar-refractivity contribution is 5.55. The molecule has 0 amide bonds. The SMILES string of the molecule is c1ccc(N2CCNCC2)c(C2CCNCC2)c1. The van der Waals surface area contributed by atoms with Crippen molar-refractivity contribution in [3.8, 4) is 0 Å². The van der Waals surface area contributed by atoms with Crippen LogP contribution in [0.1, 0.15) is 24.3 Å². The van der Waals surface area contributed by atoms with Crippen LogP contribution in [0.25, 0.3) is 0 Å². The lowest BCUT2D eigenvalue weighted by Crippen LogP contribution is -2.44. The van der Waals surface area contributed by atoms with Crippen molar-refractivity contribution in [3.63, 3.8) is 0 Å². The van der Waals surface area contributed by atoms with Crippen LogP contribution >= 0.6 is 0 Å². The highest BCUT2D eigenvalue weighted by atomic mass is 15.2. The molecule has 0 spiro atoms. The number of anilines is 1. The topological polar surface area (TPSA) is 27.3 Å². The molecule has 1 aromatic rings. The van der Waals surface area contributed by atoms with E-state index in [0.29, 0.717) is 0 Å². The first-order valence-electron chi connectivity index (χ1n) is 7.20. The second kappa shape index (κ2) is 5.72. The van der Waals surface area contributed by atoms with E-state index < -0.39 is 0 Å². The molecular formula is C15H23N3.